The number of likely N-dealkylation sites (tertiary alicyclic amines) is 1. The fraction of sp³-hybridized carbons (Fsp3) is 0.300. The standard InChI is InChI=1S/C20H21N5O/c26-20(18-6-1-7-19(11-18)25-14-22-23-15-25)24-9-3-5-17(13-24)10-16-4-2-8-21-12-16/h1-2,4,6-8,11-12,14-15,17H,3,5,9-10,13H2/t17-/m0/s1. The third kappa shape index (κ3) is 3.64. The lowest BCUT2D eigenvalue weighted by atomic mass is 9.91. The molecule has 1 aliphatic heterocycles. The Morgan fingerprint density at radius 3 is 2.85 bits per heavy atom. The molecule has 0 radical (unpaired) electrons. The number of carbonyl (C=O) groups excluding carboxylic acids is 1. The predicted molar refractivity (Wildman–Crippen MR) is 97.9 cm³/mol. The number of piperidine rings is 1. The first kappa shape index (κ1) is 16.4. The molecule has 1 amide bonds. The van der Waals surface area contributed by atoms with Crippen molar-refractivity contribution in [2.45, 2.75) is 19.3 Å². The van der Waals surface area contributed by atoms with Gasteiger partial charge in [0.1, 0.15) is 12.7 Å². The van der Waals surface area contributed by atoms with Gasteiger partial charge in [-0.05, 0) is 55.0 Å². The molecular formula is C20H21N5O. The van der Waals surface area contributed by atoms with Gasteiger partial charge in [0.2, 0.25) is 0 Å². The SMILES string of the molecule is O=C(c1cccc(-n2cnnc2)c1)N1CCC[C@@H](Cc2cccnc2)C1. The number of aromatic nitrogens is 4. The van der Waals surface area contributed by atoms with Crippen molar-refractivity contribution in [3.8, 4) is 5.69 Å². The molecule has 1 saturated heterocycles. The Kier molecular flexibility index (Phi) is 4.73. The van der Waals surface area contributed by atoms with E-state index in [2.05, 4.69) is 21.2 Å². The molecule has 0 saturated carbocycles. The number of amides is 1. The molecule has 3 aromatic rings. The van der Waals surface area contributed by atoms with Crippen LogP contribution in [0.3, 0.4) is 0 Å². The maximum Gasteiger partial charge on any atom is 0.253 e. The van der Waals surface area contributed by atoms with E-state index in [1.165, 1.54) is 5.56 Å². The van der Waals surface area contributed by atoms with E-state index in [1.54, 1.807) is 23.4 Å². The molecule has 132 valence electrons. The summed E-state index contributed by atoms with van der Waals surface area (Å²) >= 11 is 0. The lowest BCUT2D eigenvalue weighted by Gasteiger charge is -2.33. The molecule has 4 rings (SSSR count). The monoisotopic (exact) mass is 347 g/mol. The highest BCUT2D eigenvalue weighted by atomic mass is 16.2. The number of carbonyl (C=O) groups is 1. The number of rotatable bonds is 4. The van der Waals surface area contributed by atoms with E-state index in [0.29, 0.717) is 11.5 Å². The Bertz CT molecular complexity index is 863. The Hall–Kier alpha value is -3.02. The van der Waals surface area contributed by atoms with E-state index in [1.807, 2.05) is 41.4 Å². The topological polar surface area (TPSA) is 63.9 Å². The molecule has 6 heteroatoms. The third-order valence-electron chi connectivity index (χ3n) is 4.86. The summed E-state index contributed by atoms with van der Waals surface area (Å²) in [5.74, 6) is 0.578. The van der Waals surface area contributed by atoms with Gasteiger partial charge >= 0.3 is 0 Å². The summed E-state index contributed by atoms with van der Waals surface area (Å²) in [5.41, 5.74) is 2.84. The van der Waals surface area contributed by atoms with Gasteiger partial charge in [-0.25, -0.2) is 0 Å². The van der Waals surface area contributed by atoms with E-state index in [0.717, 1.165) is 38.0 Å². The molecule has 0 spiro atoms. The van der Waals surface area contributed by atoms with Gasteiger partial charge in [-0.3, -0.25) is 14.3 Å². The highest BCUT2D eigenvalue weighted by Gasteiger charge is 2.24. The van der Waals surface area contributed by atoms with Crippen LogP contribution in [0.1, 0.15) is 28.8 Å². The van der Waals surface area contributed by atoms with Crippen molar-refractivity contribution in [2.24, 2.45) is 5.92 Å². The van der Waals surface area contributed by atoms with Gasteiger partial charge in [0.15, 0.2) is 0 Å². The lowest BCUT2D eigenvalue weighted by molar-refractivity contribution is 0.0673. The first-order chi connectivity index (χ1) is 12.8. The zero-order chi connectivity index (χ0) is 17.8. The lowest BCUT2D eigenvalue weighted by Crippen LogP contribution is -2.40. The second-order valence-electron chi connectivity index (χ2n) is 6.74. The minimum Gasteiger partial charge on any atom is -0.338 e. The first-order valence-corrected chi connectivity index (χ1v) is 8.93. The van der Waals surface area contributed by atoms with Crippen LogP contribution in [0.2, 0.25) is 0 Å². The molecule has 0 bridgehead atoms. The Morgan fingerprint density at radius 1 is 1.15 bits per heavy atom. The number of hydrogen-bond acceptors (Lipinski definition) is 4. The minimum atomic E-state index is 0.0933. The van der Waals surface area contributed by atoms with Crippen molar-refractivity contribution in [3.63, 3.8) is 0 Å². The Morgan fingerprint density at radius 2 is 2.04 bits per heavy atom. The molecule has 1 aromatic carbocycles. The van der Waals surface area contributed by atoms with Crippen LogP contribution < -0.4 is 0 Å². The van der Waals surface area contributed by atoms with Crippen LogP contribution in [-0.2, 0) is 6.42 Å². The van der Waals surface area contributed by atoms with Crippen LogP contribution in [0.4, 0.5) is 0 Å². The molecule has 3 heterocycles. The fourth-order valence-corrected chi connectivity index (χ4v) is 3.58. The van der Waals surface area contributed by atoms with E-state index in [9.17, 15) is 4.79 Å². The van der Waals surface area contributed by atoms with E-state index >= 15 is 0 Å². The van der Waals surface area contributed by atoms with Crippen molar-refractivity contribution >= 4 is 5.91 Å². The van der Waals surface area contributed by atoms with Crippen LogP contribution >= 0.6 is 0 Å². The highest BCUT2D eigenvalue weighted by molar-refractivity contribution is 5.94. The molecule has 0 aliphatic carbocycles. The predicted octanol–water partition coefficient (Wildman–Crippen LogP) is 2.76. The smallest absolute Gasteiger partial charge is 0.253 e. The van der Waals surface area contributed by atoms with Gasteiger partial charge in [-0.1, -0.05) is 12.1 Å². The molecule has 26 heavy (non-hydrogen) atoms. The van der Waals surface area contributed by atoms with Gasteiger partial charge in [-0.15, -0.1) is 10.2 Å². The second-order valence-corrected chi connectivity index (χ2v) is 6.74. The number of benzene rings is 1. The highest BCUT2D eigenvalue weighted by Crippen LogP contribution is 2.22. The number of pyridine rings is 1. The van der Waals surface area contributed by atoms with E-state index in [-0.39, 0.29) is 5.91 Å². The average molecular weight is 347 g/mol. The fourth-order valence-electron chi connectivity index (χ4n) is 3.58. The van der Waals surface area contributed by atoms with Crippen LogP contribution in [0.15, 0.2) is 61.4 Å². The van der Waals surface area contributed by atoms with Crippen LogP contribution in [-0.4, -0.2) is 43.6 Å². The zero-order valence-corrected chi connectivity index (χ0v) is 14.5. The van der Waals surface area contributed by atoms with Crippen molar-refractivity contribution < 1.29 is 4.79 Å². The van der Waals surface area contributed by atoms with E-state index < -0.39 is 0 Å². The van der Waals surface area contributed by atoms with Gasteiger partial charge in [-0.2, -0.15) is 0 Å². The summed E-state index contributed by atoms with van der Waals surface area (Å²) in [6.07, 6.45) is 10.1. The number of nitrogens with zero attached hydrogens (tertiary/aromatic N) is 5. The van der Waals surface area contributed by atoms with Crippen LogP contribution in [0.25, 0.3) is 5.69 Å². The Labute approximate surface area is 152 Å². The zero-order valence-electron chi connectivity index (χ0n) is 14.5. The van der Waals surface area contributed by atoms with Gasteiger partial charge in [0, 0.05) is 36.7 Å². The molecule has 1 aliphatic rings. The van der Waals surface area contributed by atoms with Crippen molar-refractivity contribution in [1.29, 1.82) is 0 Å². The Balaban J connectivity index is 1.47. The summed E-state index contributed by atoms with van der Waals surface area (Å²) in [4.78, 5) is 19.2. The number of hydrogen-bond donors (Lipinski definition) is 0. The van der Waals surface area contributed by atoms with Crippen LogP contribution in [0, 0.1) is 5.92 Å². The van der Waals surface area contributed by atoms with Gasteiger partial charge < -0.3 is 4.90 Å². The van der Waals surface area contributed by atoms with Gasteiger partial charge in [0.25, 0.3) is 5.91 Å². The minimum absolute atomic E-state index is 0.0933. The summed E-state index contributed by atoms with van der Waals surface area (Å²) in [5, 5.41) is 7.65. The van der Waals surface area contributed by atoms with Gasteiger partial charge in [0.05, 0.1) is 0 Å². The molecule has 6 nitrogen and oxygen atoms in total. The maximum atomic E-state index is 13.0. The quantitative estimate of drug-likeness (QED) is 0.728. The first-order valence-electron chi connectivity index (χ1n) is 8.93. The largest absolute Gasteiger partial charge is 0.338 e. The summed E-state index contributed by atoms with van der Waals surface area (Å²) in [7, 11) is 0. The van der Waals surface area contributed by atoms with Crippen LogP contribution in [0.5, 0.6) is 0 Å². The van der Waals surface area contributed by atoms with Crippen molar-refractivity contribution in [1.82, 2.24) is 24.6 Å². The normalized spacial score (nSPS) is 17.2. The average Bonchev–Trinajstić information content (AvgIpc) is 3.23. The molecule has 0 unspecified atom stereocenters. The molecule has 1 fully saturated rings. The van der Waals surface area contributed by atoms with Crippen molar-refractivity contribution in [2.75, 3.05) is 13.1 Å². The van der Waals surface area contributed by atoms with E-state index in [4.69, 9.17) is 0 Å². The van der Waals surface area contributed by atoms with Crippen molar-refractivity contribution in [3.05, 3.63) is 72.6 Å². The maximum absolute atomic E-state index is 13.0. The summed E-state index contributed by atoms with van der Waals surface area (Å²) in [6, 6.07) is 11.7. The molecular weight excluding hydrogens is 326 g/mol. The second kappa shape index (κ2) is 7.47. The molecule has 0 N–H and O–H groups in total. The summed E-state index contributed by atoms with van der Waals surface area (Å²) in [6.45, 7) is 1.61. The third-order valence-corrected chi connectivity index (χ3v) is 4.86. The summed E-state index contributed by atoms with van der Waals surface area (Å²) < 4.78 is 1.80. The molecule has 2 aromatic heterocycles. The molecule has 1 atom stereocenters.